The van der Waals surface area contributed by atoms with Gasteiger partial charge in [0.05, 0.1) is 10.6 Å². The maximum Gasteiger partial charge on any atom is 0.261 e. The molecule has 3 aromatic rings. The van der Waals surface area contributed by atoms with Crippen molar-refractivity contribution < 1.29 is 17.9 Å². The number of nitrogens with one attached hydrogen (secondary N) is 2. The van der Waals surface area contributed by atoms with E-state index in [1.54, 1.807) is 48.5 Å². The van der Waals surface area contributed by atoms with Crippen molar-refractivity contribution in [3.8, 4) is 5.75 Å². The third kappa shape index (κ3) is 5.96. The van der Waals surface area contributed by atoms with Crippen LogP contribution in [0.25, 0.3) is 0 Å². The average molecular weight is 437 g/mol. The number of aryl methyl sites for hydroxylation is 1. The minimum Gasteiger partial charge on any atom is -0.489 e. The highest BCUT2D eigenvalue weighted by molar-refractivity contribution is 7.92. The largest absolute Gasteiger partial charge is 0.489 e. The number of anilines is 2. The molecule has 3 aromatic carbocycles. The lowest BCUT2D eigenvalue weighted by Crippen LogP contribution is -2.14. The number of para-hydroxylation sites is 1. The van der Waals surface area contributed by atoms with Crippen molar-refractivity contribution in [1.29, 1.82) is 0 Å². The fourth-order valence-electron chi connectivity index (χ4n) is 2.75. The molecule has 7 heteroatoms. The Bertz CT molecular complexity index is 1200. The number of hydrogen-bond donors (Lipinski definition) is 2. The van der Waals surface area contributed by atoms with Gasteiger partial charge in [0, 0.05) is 11.3 Å². The number of benzene rings is 3. The van der Waals surface area contributed by atoms with Gasteiger partial charge in [-0.1, -0.05) is 30.8 Å². The molecular weight excluding hydrogens is 412 g/mol. The molecule has 0 saturated heterocycles. The number of carbonyl (C=O) groups is 1. The van der Waals surface area contributed by atoms with Gasteiger partial charge < -0.3 is 10.1 Å². The zero-order chi connectivity index (χ0) is 22.4. The van der Waals surface area contributed by atoms with Crippen molar-refractivity contribution in [3.63, 3.8) is 0 Å². The van der Waals surface area contributed by atoms with Crippen LogP contribution in [0.4, 0.5) is 11.4 Å². The lowest BCUT2D eigenvalue weighted by molar-refractivity contribution is 0.102. The molecule has 0 aromatic heterocycles. The second-order valence-corrected chi connectivity index (χ2v) is 8.85. The van der Waals surface area contributed by atoms with E-state index < -0.39 is 10.0 Å². The molecule has 0 spiro atoms. The Kier molecular flexibility index (Phi) is 6.77. The summed E-state index contributed by atoms with van der Waals surface area (Å²) in [7, 11) is -3.74. The SMILES string of the molecule is C=C(C)COc1cccc(C(=O)Nc2ccc(S(=O)(=O)Nc3ccccc3C)cc2)c1. The average Bonchev–Trinajstić information content (AvgIpc) is 2.74. The lowest BCUT2D eigenvalue weighted by atomic mass is 10.2. The molecule has 0 unspecified atom stereocenters. The molecule has 31 heavy (non-hydrogen) atoms. The monoisotopic (exact) mass is 436 g/mol. The van der Waals surface area contributed by atoms with E-state index in [4.69, 9.17) is 4.74 Å². The maximum atomic E-state index is 12.6. The summed E-state index contributed by atoms with van der Waals surface area (Å²) in [5.41, 5.74) is 3.13. The van der Waals surface area contributed by atoms with Crippen LogP contribution in [-0.2, 0) is 10.0 Å². The molecule has 0 aliphatic heterocycles. The number of hydrogen-bond acceptors (Lipinski definition) is 4. The van der Waals surface area contributed by atoms with Crippen LogP contribution in [0, 0.1) is 6.92 Å². The highest BCUT2D eigenvalue weighted by atomic mass is 32.2. The summed E-state index contributed by atoms with van der Waals surface area (Å²) in [6.07, 6.45) is 0. The summed E-state index contributed by atoms with van der Waals surface area (Å²) in [6.45, 7) is 7.84. The first kappa shape index (κ1) is 22.1. The maximum absolute atomic E-state index is 12.6. The Hall–Kier alpha value is -3.58. The number of amides is 1. The van der Waals surface area contributed by atoms with Crippen molar-refractivity contribution in [2.24, 2.45) is 0 Å². The van der Waals surface area contributed by atoms with E-state index in [0.717, 1.165) is 11.1 Å². The summed E-state index contributed by atoms with van der Waals surface area (Å²) < 4.78 is 33.4. The van der Waals surface area contributed by atoms with Crippen LogP contribution >= 0.6 is 0 Å². The molecule has 0 aliphatic carbocycles. The summed E-state index contributed by atoms with van der Waals surface area (Å²) in [5.74, 6) is 0.244. The van der Waals surface area contributed by atoms with Gasteiger partial charge in [-0.3, -0.25) is 9.52 Å². The summed E-state index contributed by atoms with van der Waals surface area (Å²) in [5, 5.41) is 2.76. The smallest absolute Gasteiger partial charge is 0.261 e. The topological polar surface area (TPSA) is 84.5 Å². The van der Waals surface area contributed by atoms with Gasteiger partial charge in [0.2, 0.25) is 0 Å². The van der Waals surface area contributed by atoms with Crippen molar-refractivity contribution in [3.05, 3.63) is 96.1 Å². The fourth-order valence-corrected chi connectivity index (χ4v) is 3.88. The van der Waals surface area contributed by atoms with Crippen LogP contribution in [0.1, 0.15) is 22.8 Å². The van der Waals surface area contributed by atoms with Crippen molar-refractivity contribution >= 4 is 27.3 Å². The van der Waals surface area contributed by atoms with Crippen molar-refractivity contribution in [1.82, 2.24) is 0 Å². The molecule has 6 nitrogen and oxygen atoms in total. The first-order chi connectivity index (χ1) is 14.7. The zero-order valence-electron chi connectivity index (χ0n) is 17.4. The van der Waals surface area contributed by atoms with E-state index in [-0.39, 0.29) is 10.8 Å². The predicted octanol–water partition coefficient (Wildman–Crippen LogP) is 5.00. The highest BCUT2D eigenvalue weighted by Gasteiger charge is 2.15. The standard InChI is InChI=1S/C24H24N2O4S/c1-17(2)16-30-21-9-6-8-19(15-21)24(27)25-20-11-13-22(14-12-20)31(28,29)26-23-10-5-4-7-18(23)3/h4-15,26H,1,16H2,2-3H3,(H,25,27). The van der Waals surface area contributed by atoms with Gasteiger partial charge in [0.25, 0.3) is 15.9 Å². The molecule has 0 heterocycles. The first-order valence-corrected chi connectivity index (χ1v) is 11.1. The highest BCUT2D eigenvalue weighted by Crippen LogP contribution is 2.21. The molecule has 0 aliphatic rings. The van der Waals surface area contributed by atoms with Crippen molar-refractivity contribution in [2.45, 2.75) is 18.7 Å². The quantitative estimate of drug-likeness (QED) is 0.487. The summed E-state index contributed by atoms with van der Waals surface area (Å²) in [4.78, 5) is 12.7. The van der Waals surface area contributed by atoms with Gasteiger partial charge in [0.15, 0.2) is 0 Å². The molecule has 0 atom stereocenters. The van der Waals surface area contributed by atoms with E-state index in [2.05, 4.69) is 16.6 Å². The number of ether oxygens (including phenoxy) is 1. The van der Waals surface area contributed by atoms with E-state index in [9.17, 15) is 13.2 Å². The van der Waals surface area contributed by atoms with Gasteiger partial charge in [-0.2, -0.15) is 0 Å². The van der Waals surface area contributed by atoms with Crippen LogP contribution < -0.4 is 14.8 Å². The van der Waals surface area contributed by atoms with Crippen molar-refractivity contribution in [2.75, 3.05) is 16.6 Å². The third-order valence-corrected chi connectivity index (χ3v) is 5.77. The molecular formula is C24H24N2O4S. The van der Waals surface area contributed by atoms with Crippen LogP contribution in [-0.4, -0.2) is 20.9 Å². The zero-order valence-corrected chi connectivity index (χ0v) is 18.2. The Labute approximate surface area is 182 Å². The number of rotatable bonds is 8. The minimum atomic E-state index is -3.74. The molecule has 0 bridgehead atoms. The molecule has 0 radical (unpaired) electrons. The Morgan fingerprint density at radius 1 is 1.00 bits per heavy atom. The van der Waals surface area contributed by atoms with Crippen LogP contribution in [0.5, 0.6) is 5.75 Å². The predicted molar refractivity (Wildman–Crippen MR) is 123 cm³/mol. The second-order valence-electron chi connectivity index (χ2n) is 7.17. The van der Waals surface area contributed by atoms with E-state index in [1.165, 1.54) is 12.1 Å². The van der Waals surface area contributed by atoms with Crippen LogP contribution in [0.15, 0.2) is 89.8 Å². The first-order valence-electron chi connectivity index (χ1n) is 9.62. The lowest BCUT2D eigenvalue weighted by Gasteiger charge is -2.11. The Balaban J connectivity index is 1.69. The third-order valence-electron chi connectivity index (χ3n) is 4.39. The minimum absolute atomic E-state index is 0.101. The van der Waals surface area contributed by atoms with Gasteiger partial charge in [-0.05, 0) is 73.5 Å². The van der Waals surface area contributed by atoms with Crippen LogP contribution in [0.3, 0.4) is 0 Å². The van der Waals surface area contributed by atoms with Gasteiger partial charge in [-0.15, -0.1) is 0 Å². The molecule has 2 N–H and O–H groups in total. The van der Waals surface area contributed by atoms with Gasteiger partial charge in [0.1, 0.15) is 12.4 Å². The van der Waals surface area contributed by atoms with E-state index >= 15 is 0 Å². The molecule has 3 rings (SSSR count). The van der Waals surface area contributed by atoms with E-state index in [0.29, 0.717) is 29.3 Å². The van der Waals surface area contributed by atoms with E-state index in [1.807, 2.05) is 26.0 Å². The second kappa shape index (κ2) is 9.49. The van der Waals surface area contributed by atoms with Crippen LogP contribution in [0.2, 0.25) is 0 Å². The van der Waals surface area contributed by atoms with Gasteiger partial charge >= 0.3 is 0 Å². The van der Waals surface area contributed by atoms with Gasteiger partial charge in [-0.25, -0.2) is 8.42 Å². The Morgan fingerprint density at radius 2 is 1.71 bits per heavy atom. The Morgan fingerprint density at radius 3 is 2.39 bits per heavy atom. The molecule has 0 fully saturated rings. The molecule has 0 saturated carbocycles. The fraction of sp³-hybridized carbons (Fsp3) is 0.125. The number of sulfonamides is 1. The normalized spacial score (nSPS) is 10.9. The summed E-state index contributed by atoms with van der Waals surface area (Å²) in [6, 6.07) is 19.9. The summed E-state index contributed by atoms with van der Waals surface area (Å²) >= 11 is 0. The number of carbonyl (C=O) groups excluding carboxylic acids is 1. The molecule has 160 valence electrons. The molecule has 1 amide bonds.